The van der Waals surface area contributed by atoms with Crippen LogP contribution in [-0.4, -0.2) is 11.6 Å². The van der Waals surface area contributed by atoms with Gasteiger partial charge < -0.3 is 0 Å². The number of hydrogen-bond acceptors (Lipinski definition) is 2. The second-order valence-electron chi connectivity index (χ2n) is 4.60. The second kappa shape index (κ2) is 3.09. The fourth-order valence-corrected chi connectivity index (χ4v) is 2.33. The van der Waals surface area contributed by atoms with Crippen LogP contribution in [0, 0.1) is 11.3 Å². The van der Waals surface area contributed by atoms with Gasteiger partial charge in [0.05, 0.1) is 5.92 Å². The predicted octanol–water partition coefficient (Wildman–Crippen LogP) is 2.14. The fraction of sp³-hybridized carbons (Fsp3) is 0.636. The zero-order valence-corrected chi connectivity index (χ0v) is 8.68. The first-order valence-electron chi connectivity index (χ1n) is 4.56. The Labute approximate surface area is 79.0 Å². The van der Waals surface area contributed by atoms with Crippen molar-refractivity contribution in [2.75, 3.05) is 0 Å². The van der Waals surface area contributed by atoms with E-state index in [1.54, 1.807) is 6.08 Å². The molecule has 0 unspecified atom stereocenters. The topological polar surface area (TPSA) is 34.1 Å². The van der Waals surface area contributed by atoms with Crippen LogP contribution in [0.2, 0.25) is 0 Å². The van der Waals surface area contributed by atoms with Gasteiger partial charge in [-0.1, -0.05) is 19.4 Å². The molecule has 0 spiro atoms. The van der Waals surface area contributed by atoms with Gasteiger partial charge >= 0.3 is 0 Å². The summed E-state index contributed by atoms with van der Waals surface area (Å²) in [4.78, 5) is 22.8. The van der Waals surface area contributed by atoms with Crippen molar-refractivity contribution >= 4 is 11.6 Å². The normalized spacial score (nSPS) is 26.9. The van der Waals surface area contributed by atoms with Gasteiger partial charge in [-0.25, -0.2) is 0 Å². The molecule has 1 aliphatic rings. The standard InChI is InChI=1S/C11H16O2/c1-7-5-9(13)10(8(2)12)11(3,4)6-7/h5,10H,6H2,1-4H3/t10-/m0/s1. The molecule has 1 aliphatic carbocycles. The van der Waals surface area contributed by atoms with Crippen molar-refractivity contribution in [3.8, 4) is 0 Å². The third-order valence-electron chi connectivity index (χ3n) is 2.60. The van der Waals surface area contributed by atoms with E-state index in [0.29, 0.717) is 0 Å². The summed E-state index contributed by atoms with van der Waals surface area (Å²) in [5.41, 5.74) is 0.870. The lowest BCUT2D eigenvalue weighted by molar-refractivity contribution is -0.134. The minimum absolute atomic E-state index is 0.0150. The first-order valence-corrected chi connectivity index (χ1v) is 4.56. The minimum Gasteiger partial charge on any atom is -0.299 e. The maximum Gasteiger partial charge on any atom is 0.166 e. The summed E-state index contributed by atoms with van der Waals surface area (Å²) in [5.74, 6) is -0.476. The molecule has 2 nitrogen and oxygen atoms in total. The van der Waals surface area contributed by atoms with Crippen molar-refractivity contribution in [3.05, 3.63) is 11.6 Å². The Bertz CT molecular complexity index is 284. The summed E-state index contributed by atoms with van der Waals surface area (Å²) in [7, 11) is 0. The van der Waals surface area contributed by atoms with Crippen LogP contribution in [0.25, 0.3) is 0 Å². The number of allylic oxidation sites excluding steroid dienone is 2. The third-order valence-corrected chi connectivity index (χ3v) is 2.60. The highest BCUT2D eigenvalue weighted by atomic mass is 16.1. The lowest BCUT2D eigenvalue weighted by Gasteiger charge is -2.34. The molecule has 2 heteroatoms. The molecule has 0 aromatic heterocycles. The van der Waals surface area contributed by atoms with Gasteiger partial charge in [-0.15, -0.1) is 0 Å². The van der Waals surface area contributed by atoms with Gasteiger partial charge in [0.15, 0.2) is 5.78 Å². The van der Waals surface area contributed by atoms with Crippen LogP contribution in [0.5, 0.6) is 0 Å². The monoisotopic (exact) mass is 180 g/mol. The Morgan fingerprint density at radius 3 is 2.46 bits per heavy atom. The van der Waals surface area contributed by atoms with E-state index >= 15 is 0 Å². The first kappa shape index (κ1) is 10.2. The summed E-state index contributed by atoms with van der Waals surface area (Å²) in [6.45, 7) is 7.40. The molecule has 1 rings (SSSR count). The van der Waals surface area contributed by atoms with E-state index in [1.807, 2.05) is 20.8 Å². The Morgan fingerprint density at radius 2 is 2.08 bits per heavy atom. The SMILES string of the molecule is CC(=O)[C@H]1C(=O)C=C(C)CC1(C)C. The van der Waals surface area contributed by atoms with Gasteiger partial charge in [-0.05, 0) is 31.8 Å². The van der Waals surface area contributed by atoms with Gasteiger partial charge in [0.25, 0.3) is 0 Å². The van der Waals surface area contributed by atoms with Gasteiger partial charge in [0, 0.05) is 0 Å². The number of Topliss-reactive ketones (excluding diaryl/α,β-unsaturated/α-hetero) is 1. The molecule has 0 aromatic carbocycles. The van der Waals surface area contributed by atoms with Crippen molar-refractivity contribution in [1.82, 2.24) is 0 Å². The molecule has 0 saturated carbocycles. The number of carbonyl (C=O) groups is 2. The summed E-state index contributed by atoms with van der Waals surface area (Å²) < 4.78 is 0. The number of carbonyl (C=O) groups excluding carboxylic acids is 2. The maximum absolute atomic E-state index is 11.6. The molecule has 0 N–H and O–H groups in total. The Balaban J connectivity index is 3.08. The lowest BCUT2D eigenvalue weighted by atomic mass is 9.67. The predicted molar refractivity (Wildman–Crippen MR) is 51.3 cm³/mol. The molecule has 0 amide bonds. The van der Waals surface area contributed by atoms with Gasteiger partial charge in [-0.2, -0.15) is 0 Å². The van der Waals surface area contributed by atoms with Crippen LogP contribution < -0.4 is 0 Å². The highest BCUT2D eigenvalue weighted by Crippen LogP contribution is 2.38. The van der Waals surface area contributed by atoms with Crippen LogP contribution in [-0.2, 0) is 9.59 Å². The summed E-state index contributed by atoms with van der Waals surface area (Å²) in [6.07, 6.45) is 2.44. The number of hydrogen-bond donors (Lipinski definition) is 0. The molecule has 0 heterocycles. The quantitative estimate of drug-likeness (QED) is 0.579. The smallest absolute Gasteiger partial charge is 0.166 e. The van der Waals surface area contributed by atoms with E-state index in [1.165, 1.54) is 6.92 Å². The molecule has 0 aliphatic heterocycles. The van der Waals surface area contributed by atoms with Crippen LogP contribution in [0.4, 0.5) is 0 Å². The number of rotatable bonds is 1. The molecule has 1 atom stereocenters. The van der Waals surface area contributed by atoms with E-state index in [9.17, 15) is 9.59 Å². The molecular weight excluding hydrogens is 164 g/mol. The van der Waals surface area contributed by atoms with Crippen molar-refractivity contribution < 1.29 is 9.59 Å². The van der Waals surface area contributed by atoms with Crippen LogP contribution >= 0.6 is 0 Å². The van der Waals surface area contributed by atoms with Crippen LogP contribution in [0.15, 0.2) is 11.6 Å². The average Bonchev–Trinajstić information content (AvgIpc) is 1.78. The minimum atomic E-state index is -0.434. The van der Waals surface area contributed by atoms with Crippen molar-refractivity contribution in [3.63, 3.8) is 0 Å². The molecule has 72 valence electrons. The van der Waals surface area contributed by atoms with E-state index in [4.69, 9.17) is 0 Å². The van der Waals surface area contributed by atoms with Gasteiger partial charge in [-0.3, -0.25) is 9.59 Å². The molecule has 0 aromatic rings. The van der Waals surface area contributed by atoms with E-state index < -0.39 is 5.92 Å². The van der Waals surface area contributed by atoms with Crippen LogP contribution in [0.3, 0.4) is 0 Å². The van der Waals surface area contributed by atoms with Crippen molar-refractivity contribution in [2.24, 2.45) is 11.3 Å². The molecule has 0 fully saturated rings. The summed E-state index contributed by atoms with van der Waals surface area (Å²) >= 11 is 0. The van der Waals surface area contributed by atoms with E-state index in [-0.39, 0.29) is 17.0 Å². The average molecular weight is 180 g/mol. The fourth-order valence-electron chi connectivity index (χ4n) is 2.33. The molecule has 0 bridgehead atoms. The van der Waals surface area contributed by atoms with Crippen LogP contribution in [0.1, 0.15) is 34.1 Å². The Kier molecular flexibility index (Phi) is 2.42. The largest absolute Gasteiger partial charge is 0.299 e. The zero-order valence-electron chi connectivity index (χ0n) is 8.68. The van der Waals surface area contributed by atoms with Gasteiger partial charge in [0.2, 0.25) is 0 Å². The summed E-state index contributed by atoms with van der Waals surface area (Å²) in [5, 5.41) is 0. The lowest BCUT2D eigenvalue weighted by Crippen LogP contribution is -2.38. The van der Waals surface area contributed by atoms with Crippen molar-refractivity contribution in [1.29, 1.82) is 0 Å². The molecular formula is C11H16O2. The first-order chi connectivity index (χ1) is 5.84. The Hall–Kier alpha value is -0.920. The van der Waals surface area contributed by atoms with Crippen molar-refractivity contribution in [2.45, 2.75) is 34.1 Å². The second-order valence-corrected chi connectivity index (χ2v) is 4.60. The summed E-state index contributed by atoms with van der Waals surface area (Å²) in [6, 6.07) is 0. The molecule has 0 saturated heterocycles. The highest BCUT2D eigenvalue weighted by molar-refractivity contribution is 6.08. The maximum atomic E-state index is 11.6. The molecule has 0 radical (unpaired) electrons. The van der Waals surface area contributed by atoms with E-state index in [0.717, 1.165) is 12.0 Å². The van der Waals surface area contributed by atoms with E-state index in [2.05, 4.69) is 0 Å². The Morgan fingerprint density at radius 1 is 1.54 bits per heavy atom. The highest BCUT2D eigenvalue weighted by Gasteiger charge is 2.40. The van der Waals surface area contributed by atoms with Gasteiger partial charge in [0.1, 0.15) is 5.78 Å². The molecule has 13 heavy (non-hydrogen) atoms. The third kappa shape index (κ3) is 1.87. The number of ketones is 2. The zero-order chi connectivity index (χ0) is 10.2.